The van der Waals surface area contributed by atoms with E-state index in [9.17, 15) is 9.59 Å². The van der Waals surface area contributed by atoms with Crippen LogP contribution in [-0.2, 0) is 14.3 Å². The molecule has 1 unspecified atom stereocenters. The number of carbonyl (C=O) groups excluding carboxylic acids is 2. The summed E-state index contributed by atoms with van der Waals surface area (Å²) < 4.78 is 16.5. The lowest BCUT2D eigenvalue weighted by Crippen LogP contribution is -2.45. The Morgan fingerprint density at radius 1 is 0.850 bits per heavy atom. The third-order valence-electron chi connectivity index (χ3n) is 6.34. The summed E-state index contributed by atoms with van der Waals surface area (Å²) in [5.41, 5.74) is 5.27. The van der Waals surface area contributed by atoms with Crippen molar-refractivity contribution in [3.05, 3.63) is 91.0 Å². The van der Waals surface area contributed by atoms with Crippen LogP contribution in [0.5, 0.6) is 0 Å². The Balaban J connectivity index is 1.37. The molecule has 40 heavy (non-hydrogen) atoms. The predicted molar refractivity (Wildman–Crippen MR) is 160 cm³/mol. The normalized spacial score (nSPS) is 12.3. The number of alkyl carbamates (subject to hydrolysis) is 1. The number of thioether (sulfide) groups is 1. The Kier molecular flexibility index (Phi) is 7.85. The van der Waals surface area contributed by atoms with E-state index in [0.29, 0.717) is 5.75 Å². The van der Waals surface area contributed by atoms with E-state index in [4.69, 9.17) is 13.9 Å². The van der Waals surface area contributed by atoms with Crippen molar-refractivity contribution >= 4 is 45.8 Å². The van der Waals surface area contributed by atoms with Crippen molar-refractivity contribution in [3.8, 4) is 22.3 Å². The number of methoxy groups -OCH3 is 1. The molecular formula is C33H31NO5S. The zero-order valence-corrected chi connectivity index (χ0v) is 23.7. The highest BCUT2D eigenvalue weighted by molar-refractivity contribution is 7.99. The van der Waals surface area contributed by atoms with Crippen LogP contribution >= 0.6 is 11.8 Å². The highest BCUT2D eigenvalue weighted by Gasteiger charge is 2.25. The molecule has 0 saturated carbocycles. The van der Waals surface area contributed by atoms with Crippen LogP contribution in [0.25, 0.3) is 44.2 Å². The molecule has 0 aliphatic heterocycles. The molecule has 1 heterocycles. The first-order chi connectivity index (χ1) is 19.2. The molecule has 0 aliphatic rings. The van der Waals surface area contributed by atoms with Crippen LogP contribution in [0.1, 0.15) is 20.8 Å². The van der Waals surface area contributed by atoms with Gasteiger partial charge in [0.1, 0.15) is 22.8 Å². The maximum Gasteiger partial charge on any atom is 0.408 e. The quantitative estimate of drug-likeness (QED) is 0.162. The van der Waals surface area contributed by atoms with E-state index < -0.39 is 23.7 Å². The Morgan fingerprint density at radius 2 is 1.52 bits per heavy atom. The fourth-order valence-corrected chi connectivity index (χ4v) is 5.51. The van der Waals surface area contributed by atoms with E-state index in [1.165, 1.54) is 18.9 Å². The molecular weight excluding hydrogens is 522 g/mol. The summed E-state index contributed by atoms with van der Waals surface area (Å²) in [6, 6.07) is 29.9. The van der Waals surface area contributed by atoms with Gasteiger partial charge >= 0.3 is 12.1 Å². The predicted octanol–water partition coefficient (Wildman–Crippen LogP) is 8.08. The summed E-state index contributed by atoms with van der Waals surface area (Å²) in [5.74, 6) is -0.231. The molecule has 0 bridgehead atoms. The molecule has 5 aromatic rings. The van der Waals surface area contributed by atoms with Gasteiger partial charge in [0.25, 0.3) is 0 Å². The van der Waals surface area contributed by atoms with Crippen LogP contribution in [0.2, 0.25) is 0 Å². The second kappa shape index (κ2) is 11.5. The molecule has 1 N–H and O–H groups in total. The largest absolute Gasteiger partial charge is 0.467 e. The monoisotopic (exact) mass is 553 g/mol. The maximum atomic E-state index is 12.3. The number of fused-ring (bicyclic) bond motifs is 3. The van der Waals surface area contributed by atoms with Gasteiger partial charge in [-0.2, -0.15) is 0 Å². The van der Waals surface area contributed by atoms with E-state index in [1.807, 2.05) is 36.4 Å². The zero-order chi connectivity index (χ0) is 28.3. The number of carbonyl (C=O) groups is 2. The van der Waals surface area contributed by atoms with Crippen LogP contribution in [0.4, 0.5) is 4.79 Å². The topological polar surface area (TPSA) is 77.8 Å². The summed E-state index contributed by atoms with van der Waals surface area (Å²) >= 11 is 1.46. The number of esters is 1. The van der Waals surface area contributed by atoms with Crippen molar-refractivity contribution < 1.29 is 23.5 Å². The number of amides is 1. The first-order valence-corrected chi connectivity index (χ1v) is 14.0. The zero-order valence-electron chi connectivity index (χ0n) is 22.9. The van der Waals surface area contributed by atoms with Gasteiger partial charge in [-0.05, 0) is 61.7 Å². The van der Waals surface area contributed by atoms with Crippen LogP contribution in [0.3, 0.4) is 0 Å². The standard InChI is InChI=1S/C33H31NO5S/c1-33(2,3)39-32(36)34-28(31(35)37-4)20-40-24-13-8-11-22(19-24)21-10-7-12-23(18-21)25-15-9-16-27-26-14-5-6-17-29(26)38-30(25)27/h5-19,28H,20H2,1-4H3,(H,34,36). The molecule has 0 aliphatic carbocycles. The van der Waals surface area contributed by atoms with Gasteiger partial charge in [0.15, 0.2) is 0 Å². The first-order valence-electron chi connectivity index (χ1n) is 13.0. The lowest BCUT2D eigenvalue weighted by Gasteiger charge is -2.22. The van der Waals surface area contributed by atoms with Gasteiger partial charge < -0.3 is 19.2 Å². The van der Waals surface area contributed by atoms with E-state index in [-0.39, 0.29) is 0 Å². The van der Waals surface area contributed by atoms with Gasteiger partial charge in [-0.3, -0.25) is 0 Å². The summed E-state index contributed by atoms with van der Waals surface area (Å²) in [6.07, 6.45) is -0.659. The third kappa shape index (κ3) is 6.15. The fraction of sp³-hybridized carbons (Fsp3) is 0.212. The molecule has 1 amide bonds. The Labute approximate surface area is 237 Å². The van der Waals surface area contributed by atoms with Crippen molar-refractivity contribution in [1.82, 2.24) is 5.32 Å². The third-order valence-corrected chi connectivity index (χ3v) is 7.43. The molecule has 204 valence electrons. The number of nitrogens with one attached hydrogen (secondary N) is 1. The van der Waals surface area contributed by atoms with Crippen molar-refractivity contribution in [2.45, 2.75) is 37.3 Å². The van der Waals surface area contributed by atoms with Crippen molar-refractivity contribution in [1.29, 1.82) is 0 Å². The minimum absolute atomic E-state index is 0.295. The Hall–Kier alpha value is -4.23. The van der Waals surface area contributed by atoms with Crippen LogP contribution in [0, 0.1) is 0 Å². The number of furan rings is 1. The smallest absolute Gasteiger partial charge is 0.408 e. The van der Waals surface area contributed by atoms with E-state index >= 15 is 0 Å². The van der Waals surface area contributed by atoms with Crippen LogP contribution in [0.15, 0.2) is 100 Å². The lowest BCUT2D eigenvalue weighted by atomic mass is 9.98. The van der Waals surface area contributed by atoms with Gasteiger partial charge in [0.2, 0.25) is 0 Å². The molecule has 0 spiro atoms. The molecule has 0 radical (unpaired) electrons. The second-order valence-corrected chi connectivity index (χ2v) is 11.5. The summed E-state index contributed by atoms with van der Waals surface area (Å²) in [6.45, 7) is 5.31. The van der Waals surface area contributed by atoms with Gasteiger partial charge in [-0.1, -0.05) is 66.7 Å². The molecule has 7 heteroatoms. The van der Waals surface area contributed by atoms with Gasteiger partial charge in [-0.15, -0.1) is 11.8 Å². The number of ether oxygens (including phenoxy) is 2. The van der Waals surface area contributed by atoms with Crippen molar-refractivity contribution in [2.75, 3.05) is 12.9 Å². The number of hydrogen-bond acceptors (Lipinski definition) is 6. The highest BCUT2D eigenvalue weighted by atomic mass is 32.2. The molecule has 5 rings (SSSR count). The molecule has 4 aromatic carbocycles. The SMILES string of the molecule is COC(=O)C(CSc1cccc(-c2cccc(-c3cccc4c3oc3ccccc34)c2)c1)NC(=O)OC(C)(C)C. The van der Waals surface area contributed by atoms with Gasteiger partial charge in [0.05, 0.1) is 7.11 Å². The molecule has 0 saturated heterocycles. The molecule has 1 atom stereocenters. The fourth-order valence-electron chi connectivity index (χ4n) is 4.55. The lowest BCUT2D eigenvalue weighted by molar-refractivity contribution is -0.142. The average molecular weight is 554 g/mol. The summed E-state index contributed by atoms with van der Waals surface area (Å²) in [5, 5.41) is 4.82. The summed E-state index contributed by atoms with van der Waals surface area (Å²) in [4.78, 5) is 25.6. The minimum atomic E-state index is -0.846. The molecule has 0 fully saturated rings. The summed E-state index contributed by atoms with van der Waals surface area (Å²) in [7, 11) is 1.30. The van der Waals surface area contributed by atoms with Crippen molar-refractivity contribution in [3.63, 3.8) is 0 Å². The average Bonchev–Trinajstić information content (AvgIpc) is 3.33. The van der Waals surface area contributed by atoms with Crippen LogP contribution < -0.4 is 5.32 Å². The maximum absolute atomic E-state index is 12.3. The van der Waals surface area contributed by atoms with E-state index in [1.54, 1.807) is 20.8 Å². The number of rotatable bonds is 7. The Morgan fingerprint density at radius 3 is 2.30 bits per heavy atom. The molecule has 6 nitrogen and oxygen atoms in total. The first kappa shape index (κ1) is 27.3. The second-order valence-electron chi connectivity index (χ2n) is 10.4. The van der Waals surface area contributed by atoms with Crippen molar-refractivity contribution in [2.24, 2.45) is 0 Å². The number of para-hydroxylation sites is 2. The number of hydrogen-bond donors (Lipinski definition) is 1. The highest BCUT2D eigenvalue weighted by Crippen LogP contribution is 2.37. The van der Waals surface area contributed by atoms with E-state index in [2.05, 4.69) is 59.9 Å². The Bertz CT molecular complexity index is 1680. The molecule has 1 aromatic heterocycles. The number of benzene rings is 4. The van der Waals surface area contributed by atoms with E-state index in [0.717, 1.165) is 49.1 Å². The van der Waals surface area contributed by atoms with Gasteiger partial charge in [-0.25, -0.2) is 9.59 Å². The minimum Gasteiger partial charge on any atom is -0.467 e. The van der Waals surface area contributed by atoms with Gasteiger partial charge in [0, 0.05) is 27.0 Å². The van der Waals surface area contributed by atoms with Crippen LogP contribution in [-0.4, -0.2) is 36.6 Å².